The number of hydrogen-bond acceptors (Lipinski definition) is 4. The zero-order chi connectivity index (χ0) is 15.3. The van der Waals surface area contributed by atoms with Crippen LogP contribution in [-0.2, 0) is 14.6 Å². The molecule has 0 radical (unpaired) electrons. The summed E-state index contributed by atoms with van der Waals surface area (Å²) in [5, 5.41) is 6.05. The quantitative estimate of drug-likeness (QED) is 0.720. The van der Waals surface area contributed by atoms with Crippen molar-refractivity contribution in [3.63, 3.8) is 0 Å². The Kier molecular flexibility index (Phi) is 5.22. The third-order valence-corrected chi connectivity index (χ3v) is 5.23. The van der Waals surface area contributed by atoms with E-state index in [0.29, 0.717) is 36.0 Å². The van der Waals surface area contributed by atoms with Gasteiger partial charge in [-0.25, -0.2) is 8.42 Å². The van der Waals surface area contributed by atoms with Gasteiger partial charge in [0.05, 0.1) is 16.3 Å². The summed E-state index contributed by atoms with van der Waals surface area (Å²) in [5.41, 5.74) is 0.613. The van der Waals surface area contributed by atoms with Gasteiger partial charge in [-0.1, -0.05) is 19.1 Å². The molecule has 0 atom stereocenters. The fraction of sp³-hybridized carbons (Fsp3) is 0.533. The standard InChI is InChI=1S/C15H22N2O3S/c1-2-21(19,20)14-7-4-3-6-13(14)16-11-5-8-15(18)17-12-9-10-12/h3-4,6-7,12,16H,2,5,8-11H2,1H3,(H,17,18). The number of carbonyl (C=O) groups is 1. The van der Waals surface area contributed by atoms with Crippen LogP contribution in [0.2, 0.25) is 0 Å². The molecule has 0 saturated heterocycles. The Bertz CT molecular complexity index is 595. The van der Waals surface area contributed by atoms with Crippen molar-refractivity contribution in [2.24, 2.45) is 0 Å². The highest BCUT2D eigenvalue weighted by Crippen LogP contribution is 2.22. The minimum atomic E-state index is -3.23. The molecule has 1 aliphatic rings. The Balaban J connectivity index is 1.84. The van der Waals surface area contributed by atoms with Crippen molar-refractivity contribution in [2.75, 3.05) is 17.6 Å². The van der Waals surface area contributed by atoms with Gasteiger partial charge in [-0.05, 0) is 31.4 Å². The molecular formula is C15H22N2O3S. The van der Waals surface area contributed by atoms with Gasteiger partial charge in [0.1, 0.15) is 0 Å². The summed E-state index contributed by atoms with van der Waals surface area (Å²) in [7, 11) is -3.23. The molecule has 0 heterocycles. The molecule has 21 heavy (non-hydrogen) atoms. The van der Waals surface area contributed by atoms with Crippen LogP contribution in [0, 0.1) is 0 Å². The molecule has 1 fully saturated rings. The molecule has 1 aromatic carbocycles. The van der Waals surface area contributed by atoms with Crippen LogP contribution in [0.4, 0.5) is 5.69 Å². The maximum absolute atomic E-state index is 12.0. The van der Waals surface area contributed by atoms with Crippen molar-refractivity contribution in [2.45, 2.75) is 43.5 Å². The van der Waals surface area contributed by atoms with Crippen molar-refractivity contribution < 1.29 is 13.2 Å². The van der Waals surface area contributed by atoms with Gasteiger partial charge in [-0.15, -0.1) is 0 Å². The smallest absolute Gasteiger partial charge is 0.220 e. The van der Waals surface area contributed by atoms with Crippen LogP contribution in [0.3, 0.4) is 0 Å². The number of benzene rings is 1. The van der Waals surface area contributed by atoms with Crippen molar-refractivity contribution in [1.82, 2.24) is 5.32 Å². The lowest BCUT2D eigenvalue weighted by atomic mass is 10.2. The second kappa shape index (κ2) is 6.93. The fourth-order valence-electron chi connectivity index (χ4n) is 2.04. The highest BCUT2D eigenvalue weighted by Gasteiger charge is 2.22. The minimum Gasteiger partial charge on any atom is -0.384 e. The van der Waals surface area contributed by atoms with Crippen molar-refractivity contribution in [1.29, 1.82) is 0 Å². The van der Waals surface area contributed by atoms with E-state index in [1.165, 1.54) is 0 Å². The van der Waals surface area contributed by atoms with Crippen LogP contribution in [0.15, 0.2) is 29.2 Å². The topological polar surface area (TPSA) is 75.3 Å². The normalized spacial score (nSPS) is 14.7. The number of para-hydroxylation sites is 1. The second-order valence-corrected chi connectivity index (χ2v) is 7.52. The third-order valence-electron chi connectivity index (χ3n) is 3.44. The number of amides is 1. The molecule has 116 valence electrons. The molecule has 0 aliphatic heterocycles. The van der Waals surface area contributed by atoms with E-state index in [1.54, 1.807) is 31.2 Å². The first kappa shape index (κ1) is 15.8. The number of sulfone groups is 1. The largest absolute Gasteiger partial charge is 0.384 e. The third kappa shape index (κ3) is 4.74. The molecule has 0 spiro atoms. The minimum absolute atomic E-state index is 0.0776. The van der Waals surface area contributed by atoms with E-state index in [0.717, 1.165) is 12.8 Å². The lowest BCUT2D eigenvalue weighted by Gasteiger charge is -2.11. The number of hydrogen-bond donors (Lipinski definition) is 2. The first-order chi connectivity index (χ1) is 10.0. The van der Waals surface area contributed by atoms with Gasteiger partial charge in [-0.3, -0.25) is 4.79 Å². The number of rotatable bonds is 8. The average molecular weight is 310 g/mol. The summed E-state index contributed by atoms with van der Waals surface area (Å²) in [6, 6.07) is 7.28. The summed E-state index contributed by atoms with van der Waals surface area (Å²) < 4.78 is 24.0. The molecule has 1 aliphatic carbocycles. The molecule has 1 saturated carbocycles. The van der Waals surface area contributed by atoms with Crippen LogP contribution >= 0.6 is 0 Å². The van der Waals surface area contributed by atoms with E-state index in [-0.39, 0.29) is 11.7 Å². The Morgan fingerprint density at radius 3 is 2.67 bits per heavy atom. The van der Waals surface area contributed by atoms with Gasteiger partial charge < -0.3 is 10.6 Å². The molecule has 5 nitrogen and oxygen atoms in total. The maximum Gasteiger partial charge on any atom is 0.220 e. The van der Waals surface area contributed by atoms with E-state index in [9.17, 15) is 13.2 Å². The summed E-state index contributed by atoms with van der Waals surface area (Å²) in [4.78, 5) is 11.9. The van der Waals surface area contributed by atoms with Gasteiger partial charge in [0.15, 0.2) is 9.84 Å². The summed E-state index contributed by atoms with van der Waals surface area (Å²) in [6.07, 6.45) is 3.32. The number of carbonyl (C=O) groups excluding carboxylic acids is 1. The van der Waals surface area contributed by atoms with Gasteiger partial charge in [-0.2, -0.15) is 0 Å². The highest BCUT2D eigenvalue weighted by molar-refractivity contribution is 7.91. The molecule has 0 bridgehead atoms. The van der Waals surface area contributed by atoms with Crippen molar-refractivity contribution in [3.05, 3.63) is 24.3 Å². The molecule has 1 amide bonds. The summed E-state index contributed by atoms with van der Waals surface area (Å²) in [6.45, 7) is 2.21. The summed E-state index contributed by atoms with van der Waals surface area (Å²) in [5.74, 6) is 0.156. The van der Waals surface area contributed by atoms with Crippen LogP contribution in [0.1, 0.15) is 32.6 Å². The maximum atomic E-state index is 12.0. The Morgan fingerprint density at radius 2 is 2.00 bits per heavy atom. The Hall–Kier alpha value is -1.56. The van der Waals surface area contributed by atoms with Gasteiger partial charge in [0.2, 0.25) is 5.91 Å². The lowest BCUT2D eigenvalue weighted by molar-refractivity contribution is -0.121. The van der Waals surface area contributed by atoms with Gasteiger partial charge in [0.25, 0.3) is 0 Å². The van der Waals surface area contributed by atoms with E-state index in [2.05, 4.69) is 10.6 Å². The van der Waals surface area contributed by atoms with Crippen molar-refractivity contribution in [3.8, 4) is 0 Å². The molecule has 2 rings (SSSR count). The van der Waals surface area contributed by atoms with E-state index < -0.39 is 9.84 Å². The zero-order valence-electron chi connectivity index (χ0n) is 12.3. The molecule has 0 aromatic heterocycles. The molecule has 2 N–H and O–H groups in total. The van der Waals surface area contributed by atoms with Gasteiger partial charge in [0, 0.05) is 19.0 Å². The van der Waals surface area contributed by atoms with Crippen LogP contribution in [-0.4, -0.2) is 32.7 Å². The van der Waals surface area contributed by atoms with E-state index in [4.69, 9.17) is 0 Å². The van der Waals surface area contributed by atoms with Crippen LogP contribution in [0.5, 0.6) is 0 Å². The Morgan fingerprint density at radius 1 is 1.29 bits per heavy atom. The number of nitrogens with one attached hydrogen (secondary N) is 2. The van der Waals surface area contributed by atoms with Crippen molar-refractivity contribution >= 4 is 21.4 Å². The highest BCUT2D eigenvalue weighted by atomic mass is 32.2. The molecular weight excluding hydrogens is 288 g/mol. The lowest BCUT2D eigenvalue weighted by Crippen LogP contribution is -2.25. The molecule has 0 unspecified atom stereocenters. The van der Waals surface area contributed by atoms with Crippen LogP contribution < -0.4 is 10.6 Å². The first-order valence-corrected chi connectivity index (χ1v) is 9.03. The van der Waals surface area contributed by atoms with E-state index in [1.807, 2.05) is 0 Å². The van der Waals surface area contributed by atoms with Gasteiger partial charge >= 0.3 is 0 Å². The summed E-state index contributed by atoms with van der Waals surface area (Å²) >= 11 is 0. The second-order valence-electron chi connectivity index (χ2n) is 5.27. The Labute approximate surface area is 126 Å². The SMILES string of the molecule is CCS(=O)(=O)c1ccccc1NCCCC(=O)NC1CC1. The molecule has 6 heteroatoms. The van der Waals surface area contributed by atoms with E-state index >= 15 is 0 Å². The average Bonchev–Trinajstić information content (AvgIpc) is 3.28. The number of anilines is 1. The fourth-order valence-corrected chi connectivity index (χ4v) is 3.11. The monoisotopic (exact) mass is 310 g/mol. The molecule has 1 aromatic rings. The van der Waals surface area contributed by atoms with Crippen LogP contribution in [0.25, 0.3) is 0 Å². The predicted octanol–water partition coefficient (Wildman–Crippen LogP) is 1.95. The zero-order valence-corrected chi connectivity index (χ0v) is 13.1. The predicted molar refractivity (Wildman–Crippen MR) is 83.1 cm³/mol. The first-order valence-electron chi connectivity index (χ1n) is 7.38.